The number of ketones is 1. The SMILES string of the molecule is O=C(C[C@@H]1Cc2c(O)cc(O)cc2OC1c1ccc(O)c(O)c1)c1cc(O)c(O)c(O)c1. The third-order valence-corrected chi connectivity index (χ3v) is 5.49. The molecule has 4 rings (SSSR count). The van der Waals surface area contributed by atoms with E-state index in [9.17, 15) is 40.5 Å². The molecule has 9 nitrogen and oxygen atoms in total. The summed E-state index contributed by atoms with van der Waals surface area (Å²) in [5.41, 5.74) is 0.796. The molecule has 1 aliphatic heterocycles. The normalized spacial score (nSPS) is 17.4. The first-order valence-corrected chi connectivity index (χ1v) is 9.65. The molecular formula is C23H20O9. The molecule has 0 saturated heterocycles. The molecular weight excluding hydrogens is 420 g/mol. The zero-order chi connectivity index (χ0) is 23.2. The van der Waals surface area contributed by atoms with Crippen LogP contribution in [0, 0.1) is 5.92 Å². The minimum atomic E-state index is -0.793. The molecule has 32 heavy (non-hydrogen) atoms. The molecule has 9 heteroatoms. The summed E-state index contributed by atoms with van der Waals surface area (Å²) in [4.78, 5) is 12.9. The van der Waals surface area contributed by atoms with Gasteiger partial charge in [0.2, 0.25) is 0 Å². The van der Waals surface area contributed by atoms with E-state index in [4.69, 9.17) is 4.74 Å². The van der Waals surface area contributed by atoms with Crippen molar-refractivity contribution in [2.75, 3.05) is 0 Å². The molecule has 1 heterocycles. The standard InChI is InChI=1S/C23H20O9/c24-13-8-17(27)14-3-12(7-16(26)11-5-19(29)22(31)20(30)6-11)23(32-21(14)9-13)10-1-2-15(25)18(28)4-10/h1-2,4-6,8-9,12,23-25,27-31H,3,7H2/t12-,23?/m0/s1. The van der Waals surface area contributed by atoms with Crippen LogP contribution in [0.1, 0.15) is 34.0 Å². The number of hydrogen-bond acceptors (Lipinski definition) is 9. The molecule has 7 N–H and O–H groups in total. The molecule has 0 aliphatic carbocycles. The van der Waals surface area contributed by atoms with Crippen molar-refractivity contribution in [3.05, 3.63) is 59.2 Å². The molecule has 166 valence electrons. The van der Waals surface area contributed by atoms with E-state index in [2.05, 4.69) is 0 Å². The quantitative estimate of drug-likeness (QED) is 0.238. The molecule has 0 bridgehead atoms. The fourth-order valence-corrected chi connectivity index (χ4v) is 3.89. The summed E-state index contributed by atoms with van der Waals surface area (Å²) in [7, 11) is 0. The summed E-state index contributed by atoms with van der Waals surface area (Å²) in [5, 5.41) is 68.6. The second-order valence-corrected chi connectivity index (χ2v) is 7.68. The summed E-state index contributed by atoms with van der Waals surface area (Å²) in [6, 6.07) is 8.64. The third-order valence-electron chi connectivity index (χ3n) is 5.49. The van der Waals surface area contributed by atoms with Crippen LogP contribution in [-0.2, 0) is 6.42 Å². The number of fused-ring (bicyclic) bond motifs is 1. The fraction of sp³-hybridized carbons (Fsp3) is 0.174. The Bertz CT molecular complexity index is 1200. The molecule has 3 aromatic rings. The third kappa shape index (κ3) is 3.76. The molecule has 1 unspecified atom stereocenters. The van der Waals surface area contributed by atoms with E-state index in [1.807, 2.05) is 0 Å². The fourth-order valence-electron chi connectivity index (χ4n) is 3.89. The smallest absolute Gasteiger partial charge is 0.200 e. The Morgan fingerprint density at radius 3 is 2.16 bits per heavy atom. The van der Waals surface area contributed by atoms with Gasteiger partial charge in [-0.3, -0.25) is 4.79 Å². The monoisotopic (exact) mass is 440 g/mol. The molecule has 0 amide bonds. The first kappa shape index (κ1) is 21.0. The number of hydrogen-bond donors (Lipinski definition) is 7. The predicted molar refractivity (Wildman–Crippen MR) is 110 cm³/mol. The highest BCUT2D eigenvalue weighted by Gasteiger charge is 2.35. The molecule has 2 atom stereocenters. The maximum absolute atomic E-state index is 12.9. The van der Waals surface area contributed by atoms with Gasteiger partial charge in [0.25, 0.3) is 0 Å². The van der Waals surface area contributed by atoms with Gasteiger partial charge in [-0.25, -0.2) is 0 Å². The molecule has 1 aliphatic rings. The van der Waals surface area contributed by atoms with Gasteiger partial charge in [-0.15, -0.1) is 0 Å². The average molecular weight is 440 g/mol. The number of aromatic hydroxyl groups is 7. The lowest BCUT2D eigenvalue weighted by atomic mass is 9.82. The Balaban J connectivity index is 1.72. The number of carbonyl (C=O) groups excluding carboxylic acids is 1. The van der Waals surface area contributed by atoms with Crippen molar-refractivity contribution in [3.8, 4) is 46.0 Å². The van der Waals surface area contributed by atoms with Crippen LogP contribution in [0.5, 0.6) is 46.0 Å². The van der Waals surface area contributed by atoms with Gasteiger partial charge in [-0.05, 0) is 36.2 Å². The number of benzene rings is 3. The van der Waals surface area contributed by atoms with E-state index >= 15 is 0 Å². The highest BCUT2D eigenvalue weighted by molar-refractivity contribution is 5.97. The molecule has 0 saturated carbocycles. The van der Waals surface area contributed by atoms with Crippen molar-refractivity contribution in [1.82, 2.24) is 0 Å². The highest BCUT2D eigenvalue weighted by atomic mass is 16.5. The Morgan fingerprint density at radius 2 is 1.50 bits per heavy atom. The lowest BCUT2D eigenvalue weighted by molar-refractivity contribution is 0.0797. The molecule has 0 fully saturated rings. The van der Waals surface area contributed by atoms with E-state index in [-0.39, 0.29) is 47.2 Å². The summed E-state index contributed by atoms with van der Waals surface area (Å²) in [6.45, 7) is 0. The number of Topliss-reactive ketones (excluding diaryl/α,β-unsaturated/α-hetero) is 1. The van der Waals surface area contributed by atoms with Crippen LogP contribution in [0.15, 0.2) is 42.5 Å². The summed E-state index contributed by atoms with van der Waals surface area (Å²) in [6.07, 6.45) is -0.760. The van der Waals surface area contributed by atoms with Crippen LogP contribution in [0.25, 0.3) is 0 Å². The molecule has 3 aromatic carbocycles. The van der Waals surface area contributed by atoms with Crippen LogP contribution in [0.4, 0.5) is 0 Å². The maximum atomic E-state index is 12.9. The van der Waals surface area contributed by atoms with Gasteiger partial charge in [0.05, 0.1) is 0 Å². The average Bonchev–Trinajstić information content (AvgIpc) is 2.73. The van der Waals surface area contributed by atoms with Crippen LogP contribution < -0.4 is 4.74 Å². The number of phenols is 7. The number of ether oxygens (including phenoxy) is 1. The first-order chi connectivity index (χ1) is 15.1. The molecule has 0 radical (unpaired) electrons. The van der Waals surface area contributed by atoms with Gasteiger partial charge in [-0.1, -0.05) is 6.07 Å². The Morgan fingerprint density at radius 1 is 0.812 bits per heavy atom. The van der Waals surface area contributed by atoms with Gasteiger partial charge < -0.3 is 40.5 Å². The van der Waals surface area contributed by atoms with Crippen molar-refractivity contribution < 1.29 is 45.3 Å². The summed E-state index contributed by atoms with van der Waals surface area (Å²) >= 11 is 0. The van der Waals surface area contributed by atoms with E-state index in [1.54, 1.807) is 0 Å². The molecule has 0 aromatic heterocycles. The lowest BCUT2D eigenvalue weighted by Crippen LogP contribution is -2.28. The highest BCUT2D eigenvalue weighted by Crippen LogP contribution is 2.46. The minimum Gasteiger partial charge on any atom is -0.508 e. The van der Waals surface area contributed by atoms with Crippen molar-refractivity contribution in [2.24, 2.45) is 5.92 Å². The second kappa shape index (κ2) is 7.77. The van der Waals surface area contributed by atoms with Gasteiger partial charge in [-0.2, -0.15) is 0 Å². The van der Waals surface area contributed by atoms with Crippen LogP contribution in [0.2, 0.25) is 0 Å². The van der Waals surface area contributed by atoms with Crippen LogP contribution in [-0.4, -0.2) is 41.5 Å². The second-order valence-electron chi connectivity index (χ2n) is 7.68. The lowest BCUT2D eigenvalue weighted by Gasteiger charge is -2.34. The van der Waals surface area contributed by atoms with E-state index in [0.717, 1.165) is 18.2 Å². The summed E-state index contributed by atoms with van der Waals surface area (Å²) in [5.74, 6) is -3.98. The van der Waals surface area contributed by atoms with Crippen LogP contribution >= 0.6 is 0 Å². The first-order valence-electron chi connectivity index (χ1n) is 9.65. The van der Waals surface area contributed by atoms with Crippen molar-refractivity contribution in [1.29, 1.82) is 0 Å². The minimum absolute atomic E-state index is 0.0363. The van der Waals surface area contributed by atoms with Crippen molar-refractivity contribution in [2.45, 2.75) is 18.9 Å². The number of rotatable bonds is 4. The predicted octanol–water partition coefficient (Wildman–Crippen LogP) is 3.19. The van der Waals surface area contributed by atoms with E-state index < -0.39 is 35.1 Å². The Kier molecular flexibility index (Phi) is 5.09. The number of phenolic OH excluding ortho intramolecular Hbond substituents is 7. The zero-order valence-corrected chi connectivity index (χ0v) is 16.6. The Hall–Kier alpha value is -4.27. The van der Waals surface area contributed by atoms with Gasteiger partial charge >= 0.3 is 0 Å². The van der Waals surface area contributed by atoms with Crippen molar-refractivity contribution in [3.63, 3.8) is 0 Å². The van der Waals surface area contributed by atoms with E-state index in [0.29, 0.717) is 11.1 Å². The van der Waals surface area contributed by atoms with Crippen molar-refractivity contribution >= 4 is 5.78 Å². The Labute approximate surface area is 181 Å². The number of carbonyl (C=O) groups is 1. The van der Waals surface area contributed by atoms with Gasteiger partial charge in [0.1, 0.15) is 23.4 Å². The largest absolute Gasteiger partial charge is 0.508 e. The topological polar surface area (TPSA) is 168 Å². The van der Waals surface area contributed by atoms with Crippen LogP contribution in [0.3, 0.4) is 0 Å². The van der Waals surface area contributed by atoms with Gasteiger partial charge in [0.15, 0.2) is 34.5 Å². The zero-order valence-electron chi connectivity index (χ0n) is 16.6. The molecule has 0 spiro atoms. The summed E-state index contributed by atoms with van der Waals surface area (Å²) < 4.78 is 5.99. The maximum Gasteiger partial charge on any atom is 0.200 e. The van der Waals surface area contributed by atoms with E-state index in [1.165, 1.54) is 24.3 Å². The van der Waals surface area contributed by atoms with Gasteiger partial charge in [0, 0.05) is 35.6 Å².